The van der Waals surface area contributed by atoms with Crippen molar-refractivity contribution < 1.29 is 19.1 Å². The number of amides is 1. The normalized spacial score (nSPS) is 10.2. The maximum atomic E-state index is 12.5. The first-order valence-corrected chi connectivity index (χ1v) is 8.87. The van der Waals surface area contributed by atoms with Crippen molar-refractivity contribution in [1.82, 2.24) is 0 Å². The van der Waals surface area contributed by atoms with E-state index in [-0.39, 0.29) is 17.0 Å². The number of nitrogens with one attached hydrogen (secondary N) is 1. The molecule has 0 radical (unpaired) electrons. The van der Waals surface area contributed by atoms with Gasteiger partial charge in [0.25, 0.3) is 5.91 Å². The van der Waals surface area contributed by atoms with Gasteiger partial charge in [0.05, 0.1) is 24.8 Å². The number of ether oxygens (including phenoxy) is 2. The summed E-state index contributed by atoms with van der Waals surface area (Å²) in [4.78, 5) is 24.2. The number of hydrogen-bond donors (Lipinski definition) is 1. The fourth-order valence-corrected chi connectivity index (χ4v) is 2.52. The van der Waals surface area contributed by atoms with Gasteiger partial charge in [-0.05, 0) is 42.8 Å². The fourth-order valence-electron chi connectivity index (χ4n) is 2.52. The molecule has 0 atom stereocenters. The van der Waals surface area contributed by atoms with E-state index in [9.17, 15) is 9.59 Å². The van der Waals surface area contributed by atoms with Gasteiger partial charge in [-0.25, -0.2) is 4.79 Å². The van der Waals surface area contributed by atoms with Gasteiger partial charge in [0, 0.05) is 5.69 Å². The summed E-state index contributed by atoms with van der Waals surface area (Å²) in [5.41, 5.74) is 1.14. The molecule has 2 rings (SSSR count). The monoisotopic (exact) mass is 355 g/mol. The third-order valence-electron chi connectivity index (χ3n) is 3.96. The summed E-state index contributed by atoms with van der Waals surface area (Å²) in [6.07, 6.45) is 4.63. The van der Waals surface area contributed by atoms with Crippen molar-refractivity contribution in [2.24, 2.45) is 0 Å². The number of unbranched alkanes of at least 4 members (excludes halogenated alkanes) is 3. The van der Waals surface area contributed by atoms with E-state index < -0.39 is 5.97 Å². The van der Waals surface area contributed by atoms with Crippen LogP contribution in [0.15, 0.2) is 48.5 Å². The number of hydrogen-bond acceptors (Lipinski definition) is 4. The van der Waals surface area contributed by atoms with Crippen molar-refractivity contribution in [3.63, 3.8) is 0 Å². The van der Waals surface area contributed by atoms with Crippen molar-refractivity contribution >= 4 is 17.6 Å². The first-order valence-electron chi connectivity index (χ1n) is 8.87. The molecule has 0 heterocycles. The third kappa shape index (κ3) is 5.62. The van der Waals surface area contributed by atoms with E-state index in [0.717, 1.165) is 12.2 Å². The van der Waals surface area contributed by atoms with Gasteiger partial charge < -0.3 is 14.8 Å². The SMILES string of the molecule is CCCCCCOc1ccc(NC(=O)c2ccccc2C(=O)OC)cc1. The van der Waals surface area contributed by atoms with Crippen LogP contribution in [0, 0.1) is 0 Å². The average Bonchev–Trinajstić information content (AvgIpc) is 2.68. The molecule has 26 heavy (non-hydrogen) atoms. The Morgan fingerprint density at radius 3 is 2.27 bits per heavy atom. The zero-order valence-electron chi connectivity index (χ0n) is 15.3. The van der Waals surface area contributed by atoms with Gasteiger partial charge in [-0.3, -0.25) is 4.79 Å². The smallest absolute Gasteiger partial charge is 0.338 e. The summed E-state index contributed by atoms with van der Waals surface area (Å²) in [6, 6.07) is 13.8. The number of esters is 1. The second-order valence-corrected chi connectivity index (χ2v) is 5.92. The number of anilines is 1. The molecule has 0 aliphatic heterocycles. The molecule has 0 spiro atoms. The minimum Gasteiger partial charge on any atom is -0.494 e. The predicted molar refractivity (Wildman–Crippen MR) is 102 cm³/mol. The average molecular weight is 355 g/mol. The van der Waals surface area contributed by atoms with Crippen LogP contribution in [-0.4, -0.2) is 25.6 Å². The highest BCUT2D eigenvalue weighted by Gasteiger charge is 2.17. The Bertz CT molecular complexity index is 725. The van der Waals surface area contributed by atoms with Gasteiger partial charge in [-0.15, -0.1) is 0 Å². The summed E-state index contributed by atoms with van der Waals surface area (Å²) in [5.74, 6) is -0.128. The van der Waals surface area contributed by atoms with Gasteiger partial charge in [-0.2, -0.15) is 0 Å². The molecule has 0 aromatic heterocycles. The molecule has 0 fully saturated rings. The fraction of sp³-hybridized carbons (Fsp3) is 0.333. The highest BCUT2D eigenvalue weighted by Crippen LogP contribution is 2.18. The molecule has 1 amide bonds. The third-order valence-corrected chi connectivity index (χ3v) is 3.96. The van der Waals surface area contributed by atoms with Gasteiger partial charge >= 0.3 is 5.97 Å². The van der Waals surface area contributed by atoms with Crippen LogP contribution in [0.4, 0.5) is 5.69 Å². The molecule has 0 bridgehead atoms. The first kappa shape index (κ1) is 19.5. The van der Waals surface area contributed by atoms with Crippen LogP contribution < -0.4 is 10.1 Å². The molecule has 0 aliphatic rings. The van der Waals surface area contributed by atoms with E-state index in [2.05, 4.69) is 12.2 Å². The molecule has 5 heteroatoms. The van der Waals surface area contributed by atoms with Gasteiger partial charge in [0.15, 0.2) is 0 Å². The zero-order chi connectivity index (χ0) is 18.8. The lowest BCUT2D eigenvalue weighted by Crippen LogP contribution is -2.17. The van der Waals surface area contributed by atoms with Crippen LogP contribution in [0.1, 0.15) is 53.3 Å². The quantitative estimate of drug-likeness (QED) is 0.524. The van der Waals surface area contributed by atoms with E-state index in [1.165, 1.54) is 26.4 Å². The predicted octanol–water partition coefficient (Wildman–Crippen LogP) is 4.68. The summed E-state index contributed by atoms with van der Waals surface area (Å²) in [6.45, 7) is 2.87. The second-order valence-electron chi connectivity index (χ2n) is 5.92. The number of rotatable bonds is 9. The highest BCUT2D eigenvalue weighted by atomic mass is 16.5. The van der Waals surface area contributed by atoms with Crippen LogP contribution >= 0.6 is 0 Å². The minimum atomic E-state index is -0.539. The summed E-state index contributed by atoms with van der Waals surface area (Å²) in [7, 11) is 1.29. The van der Waals surface area contributed by atoms with E-state index in [1.54, 1.807) is 36.4 Å². The molecule has 0 saturated heterocycles. The molecule has 138 valence electrons. The van der Waals surface area contributed by atoms with Gasteiger partial charge in [-0.1, -0.05) is 38.3 Å². The maximum absolute atomic E-state index is 12.5. The Morgan fingerprint density at radius 1 is 0.923 bits per heavy atom. The molecule has 0 aliphatic carbocycles. The summed E-state index contributed by atoms with van der Waals surface area (Å²) >= 11 is 0. The molecular formula is C21H25NO4. The van der Waals surface area contributed by atoms with Crippen molar-refractivity contribution in [3.8, 4) is 5.75 Å². The van der Waals surface area contributed by atoms with Crippen molar-refractivity contribution in [2.45, 2.75) is 32.6 Å². The zero-order valence-corrected chi connectivity index (χ0v) is 15.3. The molecule has 2 aromatic carbocycles. The molecule has 2 aromatic rings. The highest BCUT2D eigenvalue weighted by molar-refractivity contribution is 6.11. The molecule has 1 N–H and O–H groups in total. The number of carbonyl (C=O) groups is 2. The Hall–Kier alpha value is -2.82. The standard InChI is InChI=1S/C21H25NO4/c1-3-4-5-8-15-26-17-13-11-16(12-14-17)22-20(23)18-9-6-7-10-19(18)21(24)25-2/h6-7,9-14H,3-5,8,15H2,1-2H3,(H,22,23). The van der Waals surface area contributed by atoms with Crippen molar-refractivity contribution in [2.75, 3.05) is 19.0 Å². The largest absolute Gasteiger partial charge is 0.494 e. The topological polar surface area (TPSA) is 64.6 Å². The van der Waals surface area contributed by atoms with E-state index >= 15 is 0 Å². The number of benzene rings is 2. The van der Waals surface area contributed by atoms with Crippen molar-refractivity contribution in [3.05, 3.63) is 59.7 Å². The van der Waals surface area contributed by atoms with E-state index in [4.69, 9.17) is 9.47 Å². The van der Waals surface area contributed by atoms with Crippen LogP contribution in [0.2, 0.25) is 0 Å². The van der Waals surface area contributed by atoms with Gasteiger partial charge in [0.2, 0.25) is 0 Å². The Morgan fingerprint density at radius 2 is 1.62 bits per heavy atom. The number of methoxy groups -OCH3 is 1. The van der Waals surface area contributed by atoms with Crippen LogP contribution in [-0.2, 0) is 4.74 Å². The second kappa shape index (κ2) is 10.2. The molecular weight excluding hydrogens is 330 g/mol. The Balaban J connectivity index is 1.95. The minimum absolute atomic E-state index is 0.236. The number of carbonyl (C=O) groups excluding carboxylic acids is 2. The van der Waals surface area contributed by atoms with Crippen LogP contribution in [0.25, 0.3) is 0 Å². The van der Waals surface area contributed by atoms with E-state index in [1.807, 2.05) is 12.1 Å². The van der Waals surface area contributed by atoms with Crippen molar-refractivity contribution in [1.29, 1.82) is 0 Å². The first-order chi connectivity index (χ1) is 12.7. The summed E-state index contributed by atoms with van der Waals surface area (Å²) in [5, 5.41) is 2.79. The summed E-state index contributed by atoms with van der Waals surface area (Å²) < 4.78 is 10.4. The van der Waals surface area contributed by atoms with Crippen LogP contribution in [0.5, 0.6) is 5.75 Å². The Kier molecular flexibility index (Phi) is 7.68. The lowest BCUT2D eigenvalue weighted by atomic mass is 10.1. The lowest BCUT2D eigenvalue weighted by molar-refractivity contribution is 0.0597. The van der Waals surface area contributed by atoms with Gasteiger partial charge in [0.1, 0.15) is 5.75 Å². The van der Waals surface area contributed by atoms with E-state index in [0.29, 0.717) is 12.3 Å². The maximum Gasteiger partial charge on any atom is 0.338 e. The molecule has 0 saturated carbocycles. The Labute approximate surface area is 154 Å². The van der Waals surface area contributed by atoms with Crippen LogP contribution in [0.3, 0.4) is 0 Å². The lowest BCUT2D eigenvalue weighted by Gasteiger charge is -2.10. The molecule has 5 nitrogen and oxygen atoms in total. The molecule has 0 unspecified atom stereocenters.